The molecule has 0 bridgehead atoms. The minimum atomic E-state index is -0.585. The summed E-state index contributed by atoms with van der Waals surface area (Å²) in [6, 6.07) is 7.69. The topological polar surface area (TPSA) is 69.6 Å². The Kier molecular flexibility index (Phi) is 3.45. The second-order valence-corrected chi connectivity index (χ2v) is 6.22. The van der Waals surface area contributed by atoms with Gasteiger partial charge in [-0.2, -0.15) is 0 Å². The second kappa shape index (κ2) is 5.15. The van der Waals surface area contributed by atoms with E-state index in [9.17, 15) is 14.7 Å². The van der Waals surface area contributed by atoms with Crippen molar-refractivity contribution < 1.29 is 14.7 Å². The molecule has 1 aromatic rings. The first-order valence-corrected chi connectivity index (χ1v) is 7.36. The van der Waals surface area contributed by atoms with Crippen LogP contribution in [-0.4, -0.2) is 36.6 Å². The largest absolute Gasteiger partial charge is 0.396 e. The molecular weight excluding hydrogens is 268 g/mol. The molecule has 5 nitrogen and oxygen atoms in total. The van der Waals surface area contributed by atoms with Crippen LogP contribution in [0.25, 0.3) is 0 Å². The Morgan fingerprint density at radius 2 is 2.10 bits per heavy atom. The number of anilines is 1. The van der Waals surface area contributed by atoms with E-state index in [1.165, 1.54) is 0 Å². The van der Waals surface area contributed by atoms with Gasteiger partial charge in [0.05, 0.1) is 6.61 Å². The summed E-state index contributed by atoms with van der Waals surface area (Å²) in [4.78, 5) is 25.9. The minimum Gasteiger partial charge on any atom is -0.396 e. The number of aliphatic hydroxyl groups excluding tert-OH is 1. The average molecular weight is 288 g/mol. The Morgan fingerprint density at radius 1 is 1.38 bits per heavy atom. The van der Waals surface area contributed by atoms with Crippen LogP contribution in [0, 0.1) is 5.41 Å². The Balaban J connectivity index is 1.67. The predicted molar refractivity (Wildman–Crippen MR) is 79.0 cm³/mol. The van der Waals surface area contributed by atoms with Crippen molar-refractivity contribution in [2.75, 3.05) is 24.6 Å². The number of aliphatic hydroxyl groups is 1. The molecule has 1 atom stereocenters. The molecule has 3 rings (SSSR count). The summed E-state index contributed by atoms with van der Waals surface area (Å²) in [6.07, 6.45) is 1.81. The van der Waals surface area contributed by atoms with E-state index >= 15 is 0 Å². The first-order valence-electron chi connectivity index (χ1n) is 7.36. The molecule has 112 valence electrons. The monoisotopic (exact) mass is 288 g/mol. The van der Waals surface area contributed by atoms with Crippen molar-refractivity contribution in [2.45, 2.75) is 25.7 Å². The molecule has 1 aromatic carbocycles. The van der Waals surface area contributed by atoms with Crippen molar-refractivity contribution in [1.82, 2.24) is 5.32 Å². The van der Waals surface area contributed by atoms with Gasteiger partial charge in [0.1, 0.15) is 0 Å². The molecule has 5 heteroatoms. The molecule has 1 unspecified atom stereocenters. The molecule has 2 amide bonds. The highest BCUT2D eigenvalue weighted by Crippen LogP contribution is 2.44. The maximum atomic E-state index is 12.3. The number of fused-ring (bicyclic) bond motifs is 1. The third kappa shape index (κ3) is 2.53. The van der Waals surface area contributed by atoms with E-state index < -0.39 is 11.8 Å². The zero-order chi connectivity index (χ0) is 15.0. The van der Waals surface area contributed by atoms with Crippen LogP contribution in [0.4, 0.5) is 5.69 Å². The third-order valence-electron chi connectivity index (χ3n) is 4.57. The van der Waals surface area contributed by atoms with Gasteiger partial charge in [0.15, 0.2) is 0 Å². The SMILES string of the molecule is CC1CN(C(=O)C(=O)NCC2(CO)CC2)c2ccccc21. The third-order valence-corrected chi connectivity index (χ3v) is 4.57. The summed E-state index contributed by atoms with van der Waals surface area (Å²) in [5.41, 5.74) is 1.74. The predicted octanol–water partition coefficient (Wildman–Crippen LogP) is 1.03. The highest BCUT2D eigenvalue weighted by molar-refractivity contribution is 6.40. The molecule has 2 aliphatic rings. The van der Waals surface area contributed by atoms with Crippen LogP contribution >= 0.6 is 0 Å². The highest BCUT2D eigenvalue weighted by atomic mass is 16.3. The molecule has 0 saturated heterocycles. The van der Waals surface area contributed by atoms with Crippen molar-refractivity contribution in [1.29, 1.82) is 0 Å². The number of nitrogens with zero attached hydrogens (tertiary/aromatic N) is 1. The number of hydrogen-bond acceptors (Lipinski definition) is 3. The van der Waals surface area contributed by atoms with Crippen molar-refractivity contribution in [3.63, 3.8) is 0 Å². The van der Waals surface area contributed by atoms with E-state index in [-0.39, 0.29) is 17.9 Å². The average Bonchev–Trinajstić information content (AvgIpc) is 3.23. The molecule has 21 heavy (non-hydrogen) atoms. The van der Waals surface area contributed by atoms with Gasteiger partial charge in [-0.05, 0) is 24.5 Å². The summed E-state index contributed by atoms with van der Waals surface area (Å²) in [6.45, 7) is 3.02. The van der Waals surface area contributed by atoms with Crippen LogP contribution in [0.2, 0.25) is 0 Å². The molecule has 1 fully saturated rings. The van der Waals surface area contributed by atoms with Gasteiger partial charge in [-0.25, -0.2) is 0 Å². The van der Waals surface area contributed by atoms with E-state index in [1.807, 2.05) is 24.3 Å². The number of nitrogens with one attached hydrogen (secondary N) is 1. The van der Waals surface area contributed by atoms with Gasteiger partial charge in [0.25, 0.3) is 0 Å². The van der Waals surface area contributed by atoms with Gasteiger partial charge in [-0.3, -0.25) is 9.59 Å². The minimum absolute atomic E-state index is 0.0606. The lowest BCUT2D eigenvalue weighted by molar-refractivity contribution is -0.137. The van der Waals surface area contributed by atoms with E-state index in [4.69, 9.17) is 0 Å². The van der Waals surface area contributed by atoms with Gasteiger partial charge in [-0.15, -0.1) is 0 Å². The summed E-state index contributed by atoms with van der Waals surface area (Å²) >= 11 is 0. The Labute approximate surface area is 123 Å². The normalized spacial score (nSPS) is 21.8. The first-order chi connectivity index (χ1) is 10.1. The molecule has 0 spiro atoms. The molecule has 0 radical (unpaired) electrons. The molecule has 2 N–H and O–H groups in total. The summed E-state index contributed by atoms with van der Waals surface area (Å²) in [5, 5.41) is 11.9. The zero-order valence-corrected chi connectivity index (χ0v) is 12.1. The fourth-order valence-corrected chi connectivity index (χ4v) is 2.85. The number of hydrogen-bond donors (Lipinski definition) is 2. The van der Waals surface area contributed by atoms with Gasteiger partial charge < -0.3 is 15.3 Å². The zero-order valence-electron chi connectivity index (χ0n) is 12.1. The summed E-state index contributed by atoms with van der Waals surface area (Å²) < 4.78 is 0. The van der Waals surface area contributed by atoms with Crippen LogP contribution in [0.1, 0.15) is 31.2 Å². The standard InChI is InChI=1S/C16H20N2O3/c1-11-8-18(13-5-3-2-4-12(11)13)15(21)14(20)17-9-16(10-19)6-7-16/h2-5,11,19H,6-10H2,1H3,(H,17,20). The van der Waals surface area contributed by atoms with E-state index in [0.29, 0.717) is 13.1 Å². The van der Waals surface area contributed by atoms with E-state index in [2.05, 4.69) is 12.2 Å². The van der Waals surface area contributed by atoms with Gasteiger partial charge in [0.2, 0.25) is 0 Å². The molecular formula is C16H20N2O3. The number of amides is 2. The lowest BCUT2D eigenvalue weighted by Gasteiger charge is -2.18. The fourth-order valence-electron chi connectivity index (χ4n) is 2.85. The quantitative estimate of drug-likeness (QED) is 0.816. The molecule has 1 heterocycles. The van der Waals surface area contributed by atoms with Crippen molar-refractivity contribution >= 4 is 17.5 Å². The Hall–Kier alpha value is -1.88. The summed E-state index contributed by atoms with van der Waals surface area (Å²) in [5.74, 6) is -0.857. The number of para-hydroxylation sites is 1. The lowest BCUT2D eigenvalue weighted by atomic mass is 10.0. The van der Waals surface area contributed by atoms with Crippen LogP contribution < -0.4 is 10.2 Å². The van der Waals surface area contributed by atoms with Crippen LogP contribution in [0.15, 0.2) is 24.3 Å². The number of carbonyl (C=O) groups is 2. The molecule has 1 aliphatic heterocycles. The maximum absolute atomic E-state index is 12.3. The lowest BCUT2D eigenvalue weighted by Crippen LogP contribution is -2.44. The van der Waals surface area contributed by atoms with Gasteiger partial charge in [-0.1, -0.05) is 25.1 Å². The number of benzene rings is 1. The Morgan fingerprint density at radius 3 is 2.76 bits per heavy atom. The highest BCUT2D eigenvalue weighted by Gasteiger charge is 2.43. The molecule has 0 aromatic heterocycles. The van der Waals surface area contributed by atoms with Crippen LogP contribution in [-0.2, 0) is 9.59 Å². The molecule has 1 saturated carbocycles. The van der Waals surface area contributed by atoms with Crippen molar-refractivity contribution in [2.24, 2.45) is 5.41 Å². The van der Waals surface area contributed by atoms with Crippen LogP contribution in [0.3, 0.4) is 0 Å². The van der Waals surface area contributed by atoms with E-state index in [0.717, 1.165) is 24.1 Å². The maximum Gasteiger partial charge on any atom is 0.316 e. The van der Waals surface area contributed by atoms with Crippen LogP contribution in [0.5, 0.6) is 0 Å². The number of carbonyl (C=O) groups excluding carboxylic acids is 2. The smallest absolute Gasteiger partial charge is 0.316 e. The summed E-state index contributed by atoms with van der Waals surface area (Å²) in [7, 11) is 0. The first kappa shape index (κ1) is 14.1. The molecule has 1 aliphatic carbocycles. The second-order valence-electron chi connectivity index (χ2n) is 6.22. The van der Waals surface area contributed by atoms with Gasteiger partial charge in [0, 0.05) is 30.1 Å². The van der Waals surface area contributed by atoms with Gasteiger partial charge >= 0.3 is 11.8 Å². The Bertz CT molecular complexity index is 581. The van der Waals surface area contributed by atoms with E-state index in [1.54, 1.807) is 4.90 Å². The van der Waals surface area contributed by atoms with Crippen molar-refractivity contribution in [3.8, 4) is 0 Å². The van der Waals surface area contributed by atoms with Crippen molar-refractivity contribution in [3.05, 3.63) is 29.8 Å². The fraction of sp³-hybridized carbons (Fsp3) is 0.500. The number of rotatable bonds is 3.